The van der Waals surface area contributed by atoms with E-state index < -0.39 is 6.10 Å². The number of nitrogens with one attached hydrogen (secondary N) is 1. The predicted molar refractivity (Wildman–Crippen MR) is 75.2 cm³/mol. The van der Waals surface area contributed by atoms with Gasteiger partial charge in [0.2, 0.25) is 0 Å². The molecule has 2 aromatic carbocycles. The number of hydrogen-bond donors (Lipinski definition) is 2. The molecule has 1 amide bonds. The van der Waals surface area contributed by atoms with Crippen LogP contribution in [0.5, 0.6) is 0 Å². The molecule has 2 rings (SSSR count). The average Bonchev–Trinajstić information content (AvgIpc) is 2.46. The van der Waals surface area contributed by atoms with Crippen LogP contribution in [-0.4, -0.2) is 17.6 Å². The molecule has 1 unspecified atom stereocenters. The molecule has 0 aliphatic heterocycles. The zero-order valence-electron chi connectivity index (χ0n) is 10.2. The summed E-state index contributed by atoms with van der Waals surface area (Å²) >= 11 is 5.93. The minimum atomic E-state index is -0.729. The second kappa shape index (κ2) is 6.36. The van der Waals surface area contributed by atoms with Gasteiger partial charge < -0.3 is 10.4 Å². The van der Waals surface area contributed by atoms with Crippen LogP contribution in [0.4, 0.5) is 0 Å². The van der Waals surface area contributed by atoms with E-state index in [1.807, 2.05) is 30.3 Å². The molecule has 0 aliphatic rings. The monoisotopic (exact) mass is 275 g/mol. The van der Waals surface area contributed by atoms with Gasteiger partial charge in [-0.2, -0.15) is 0 Å². The van der Waals surface area contributed by atoms with Crippen molar-refractivity contribution >= 4 is 17.5 Å². The topological polar surface area (TPSA) is 49.3 Å². The Bertz CT molecular complexity index is 557. The molecule has 19 heavy (non-hydrogen) atoms. The number of benzene rings is 2. The van der Waals surface area contributed by atoms with Crippen molar-refractivity contribution in [3.05, 3.63) is 70.7 Å². The van der Waals surface area contributed by atoms with E-state index in [2.05, 4.69) is 5.32 Å². The van der Waals surface area contributed by atoms with Crippen LogP contribution in [0.3, 0.4) is 0 Å². The van der Waals surface area contributed by atoms with Gasteiger partial charge >= 0.3 is 0 Å². The fourth-order valence-electron chi connectivity index (χ4n) is 1.72. The molecule has 0 radical (unpaired) electrons. The number of aliphatic hydroxyl groups is 1. The van der Waals surface area contributed by atoms with Crippen LogP contribution in [0, 0.1) is 0 Å². The lowest BCUT2D eigenvalue weighted by Crippen LogP contribution is -2.28. The molecule has 98 valence electrons. The Kier molecular flexibility index (Phi) is 4.55. The Hall–Kier alpha value is -1.84. The van der Waals surface area contributed by atoms with Gasteiger partial charge in [-0.15, -0.1) is 0 Å². The van der Waals surface area contributed by atoms with E-state index in [1.165, 1.54) is 0 Å². The number of carbonyl (C=O) groups excluding carboxylic acids is 1. The maximum Gasteiger partial charge on any atom is 0.252 e. The van der Waals surface area contributed by atoms with E-state index in [0.717, 1.165) is 5.56 Å². The summed E-state index contributed by atoms with van der Waals surface area (Å²) in [5.41, 5.74) is 1.17. The summed E-state index contributed by atoms with van der Waals surface area (Å²) in [6.07, 6.45) is -0.729. The first-order valence-electron chi connectivity index (χ1n) is 5.94. The first-order valence-corrected chi connectivity index (χ1v) is 6.32. The van der Waals surface area contributed by atoms with E-state index in [1.54, 1.807) is 24.3 Å². The van der Waals surface area contributed by atoms with E-state index in [9.17, 15) is 9.90 Å². The summed E-state index contributed by atoms with van der Waals surface area (Å²) in [6, 6.07) is 16.0. The van der Waals surface area contributed by atoms with E-state index in [0.29, 0.717) is 10.6 Å². The molecule has 0 aromatic heterocycles. The highest BCUT2D eigenvalue weighted by molar-refractivity contribution is 6.33. The molecule has 4 heteroatoms. The zero-order valence-corrected chi connectivity index (χ0v) is 11.0. The molecule has 0 saturated heterocycles. The Morgan fingerprint density at radius 2 is 1.74 bits per heavy atom. The zero-order chi connectivity index (χ0) is 13.7. The Balaban J connectivity index is 1.96. The standard InChI is InChI=1S/C15H14ClNO2/c16-13-9-5-4-8-12(13)15(19)17-10-14(18)11-6-2-1-3-7-11/h1-9,14,18H,10H2,(H,17,19). The van der Waals surface area contributed by atoms with Crippen LogP contribution < -0.4 is 5.32 Å². The maximum atomic E-state index is 11.9. The minimum absolute atomic E-state index is 0.147. The maximum absolute atomic E-state index is 11.9. The van der Waals surface area contributed by atoms with Gasteiger partial charge in [0, 0.05) is 6.54 Å². The first-order chi connectivity index (χ1) is 9.18. The third-order valence-corrected chi connectivity index (χ3v) is 3.09. The lowest BCUT2D eigenvalue weighted by molar-refractivity contribution is 0.0916. The number of amides is 1. The largest absolute Gasteiger partial charge is 0.387 e. The summed E-state index contributed by atoms with van der Waals surface area (Å²) in [5, 5.41) is 13.0. The lowest BCUT2D eigenvalue weighted by Gasteiger charge is -2.12. The van der Waals surface area contributed by atoms with E-state index in [4.69, 9.17) is 11.6 Å². The van der Waals surface area contributed by atoms with Crippen molar-refractivity contribution in [1.29, 1.82) is 0 Å². The van der Waals surface area contributed by atoms with Gasteiger partial charge in [0.15, 0.2) is 0 Å². The van der Waals surface area contributed by atoms with Crippen molar-refractivity contribution in [3.8, 4) is 0 Å². The quantitative estimate of drug-likeness (QED) is 0.901. The molecule has 3 nitrogen and oxygen atoms in total. The third-order valence-electron chi connectivity index (χ3n) is 2.76. The smallest absolute Gasteiger partial charge is 0.252 e. The normalized spacial score (nSPS) is 11.9. The van der Waals surface area contributed by atoms with Crippen molar-refractivity contribution in [1.82, 2.24) is 5.32 Å². The first kappa shape index (κ1) is 13.6. The van der Waals surface area contributed by atoms with Gasteiger partial charge in [-0.1, -0.05) is 54.1 Å². The number of aliphatic hydroxyl groups excluding tert-OH is 1. The molecule has 2 N–H and O–H groups in total. The number of rotatable bonds is 4. The van der Waals surface area contributed by atoms with Gasteiger partial charge in [-0.05, 0) is 17.7 Å². The lowest BCUT2D eigenvalue weighted by atomic mass is 10.1. The molecule has 1 atom stereocenters. The van der Waals surface area contributed by atoms with Crippen LogP contribution >= 0.6 is 11.6 Å². The van der Waals surface area contributed by atoms with Gasteiger partial charge in [0.25, 0.3) is 5.91 Å². The van der Waals surface area contributed by atoms with Gasteiger partial charge in [-0.25, -0.2) is 0 Å². The van der Waals surface area contributed by atoms with Gasteiger partial charge in [-0.3, -0.25) is 4.79 Å². The molecule has 0 spiro atoms. The Morgan fingerprint density at radius 1 is 1.11 bits per heavy atom. The molecule has 0 fully saturated rings. The van der Waals surface area contributed by atoms with Crippen LogP contribution in [0.2, 0.25) is 5.02 Å². The van der Waals surface area contributed by atoms with Crippen molar-refractivity contribution in [2.24, 2.45) is 0 Å². The van der Waals surface area contributed by atoms with Crippen LogP contribution in [0.1, 0.15) is 22.0 Å². The van der Waals surface area contributed by atoms with Crippen molar-refractivity contribution in [3.63, 3.8) is 0 Å². The summed E-state index contributed by atoms with van der Waals surface area (Å²) in [5.74, 6) is -0.291. The summed E-state index contributed by atoms with van der Waals surface area (Å²) in [6.45, 7) is 0.147. The van der Waals surface area contributed by atoms with Crippen molar-refractivity contribution in [2.75, 3.05) is 6.54 Å². The molecule has 2 aromatic rings. The fourth-order valence-corrected chi connectivity index (χ4v) is 1.94. The SMILES string of the molecule is O=C(NCC(O)c1ccccc1)c1ccccc1Cl. The van der Waals surface area contributed by atoms with E-state index in [-0.39, 0.29) is 12.5 Å². The van der Waals surface area contributed by atoms with Crippen LogP contribution in [0.25, 0.3) is 0 Å². The van der Waals surface area contributed by atoms with Crippen LogP contribution in [0.15, 0.2) is 54.6 Å². The molecular formula is C15H14ClNO2. The molecule has 0 heterocycles. The summed E-state index contributed by atoms with van der Waals surface area (Å²) in [4.78, 5) is 11.9. The Labute approximate surface area is 116 Å². The molecule has 0 saturated carbocycles. The molecular weight excluding hydrogens is 262 g/mol. The fraction of sp³-hybridized carbons (Fsp3) is 0.133. The minimum Gasteiger partial charge on any atom is -0.387 e. The van der Waals surface area contributed by atoms with Gasteiger partial charge in [0.1, 0.15) is 0 Å². The number of carbonyl (C=O) groups is 1. The second-order valence-corrected chi connectivity index (χ2v) is 4.52. The number of hydrogen-bond acceptors (Lipinski definition) is 2. The highest BCUT2D eigenvalue weighted by atomic mass is 35.5. The predicted octanol–water partition coefficient (Wildman–Crippen LogP) is 2.80. The third kappa shape index (κ3) is 3.56. The molecule has 0 bridgehead atoms. The van der Waals surface area contributed by atoms with Crippen molar-refractivity contribution in [2.45, 2.75) is 6.10 Å². The average molecular weight is 276 g/mol. The highest BCUT2D eigenvalue weighted by Gasteiger charge is 2.12. The van der Waals surface area contributed by atoms with Crippen molar-refractivity contribution < 1.29 is 9.90 Å². The highest BCUT2D eigenvalue weighted by Crippen LogP contribution is 2.15. The second-order valence-electron chi connectivity index (χ2n) is 4.12. The van der Waals surface area contributed by atoms with Crippen LogP contribution in [-0.2, 0) is 0 Å². The Morgan fingerprint density at radius 3 is 2.42 bits per heavy atom. The number of halogens is 1. The van der Waals surface area contributed by atoms with E-state index >= 15 is 0 Å². The van der Waals surface area contributed by atoms with Gasteiger partial charge in [0.05, 0.1) is 16.7 Å². The summed E-state index contributed by atoms with van der Waals surface area (Å²) < 4.78 is 0. The summed E-state index contributed by atoms with van der Waals surface area (Å²) in [7, 11) is 0. The molecule has 0 aliphatic carbocycles.